The Balaban J connectivity index is 1.92. The second kappa shape index (κ2) is 5.75. The van der Waals surface area contributed by atoms with E-state index in [1.165, 1.54) is 0 Å². The van der Waals surface area contributed by atoms with Gasteiger partial charge in [-0.25, -0.2) is 8.78 Å². The van der Waals surface area contributed by atoms with Gasteiger partial charge in [-0.05, 0) is 30.5 Å². The zero-order valence-electron chi connectivity index (χ0n) is 9.79. The summed E-state index contributed by atoms with van der Waals surface area (Å²) in [5.41, 5.74) is 0.453. The number of rotatable bonds is 3. The molecule has 3 nitrogen and oxygen atoms in total. The summed E-state index contributed by atoms with van der Waals surface area (Å²) in [5, 5.41) is 12.2. The molecule has 1 aromatic carbocycles. The maximum atomic E-state index is 13.1. The first kappa shape index (κ1) is 13.4. The Kier molecular flexibility index (Phi) is 4.29. The highest BCUT2D eigenvalue weighted by Crippen LogP contribution is 2.21. The third-order valence-corrected chi connectivity index (χ3v) is 4.44. The van der Waals surface area contributed by atoms with Crippen LogP contribution in [0.1, 0.15) is 18.4 Å². The van der Waals surface area contributed by atoms with Gasteiger partial charge in [0.2, 0.25) is 0 Å². The molecule has 1 fully saturated rings. The number of hydrogen-bond donors (Lipinski definition) is 2. The van der Waals surface area contributed by atoms with Gasteiger partial charge in [0.25, 0.3) is 0 Å². The van der Waals surface area contributed by atoms with E-state index in [9.17, 15) is 13.0 Å². The third kappa shape index (κ3) is 3.26. The van der Waals surface area contributed by atoms with Crippen molar-refractivity contribution in [2.75, 3.05) is 11.5 Å². The lowest BCUT2D eigenvalue weighted by atomic mass is 10.1. The number of aromatic hydroxyl groups is 1. The zero-order valence-corrected chi connectivity index (χ0v) is 10.6. The second-order valence-electron chi connectivity index (χ2n) is 4.41. The van der Waals surface area contributed by atoms with Crippen LogP contribution in [0.25, 0.3) is 0 Å². The highest BCUT2D eigenvalue weighted by atomic mass is 32.2. The third-order valence-electron chi connectivity index (χ3n) is 3.06. The highest BCUT2D eigenvalue weighted by Gasteiger charge is 2.17. The minimum Gasteiger partial charge on any atom is -0.503 e. The summed E-state index contributed by atoms with van der Waals surface area (Å²) in [6.07, 6.45) is 1.63. The number of phenols is 1. The minimum atomic E-state index is -0.948. The molecule has 100 valence electrons. The van der Waals surface area contributed by atoms with Crippen LogP contribution in [0.15, 0.2) is 12.1 Å². The number of phenolic OH excluding ortho intramolecular Hbond substituents is 1. The van der Waals surface area contributed by atoms with Crippen molar-refractivity contribution in [3.63, 3.8) is 0 Å². The van der Waals surface area contributed by atoms with Crippen molar-refractivity contribution in [1.29, 1.82) is 0 Å². The number of hydrogen-bond acceptors (Lipinski definition) is 3. The Morgan fingerprint density at radius 1 is 1.28 bits per heavy atom. The lowest BCUT2D eigenvalue weighted by Crippen LogP contribution is -2.35. The predicted molar refractivity (Wildman–Crippen MR) is 65.8 cm³/mol. The van der Waals surface area contributed by atoms with E-state index >= 15 is 0 Å². The molecule has 0 bridgehead atoms. The van der Waals surface area contributed by atoms with Crippen molar-refractivity contribution in [2.24, 2.45) is 0 Å². The monoisotopic (exact) mass is 275 g/mol. The standard InChI is InChI=1S/C12H15F2NO2S/c13-10-5-8(6-11(14)12(10)16)7-15-9-1-3-18(17)4-2-9/h5-6,9,15-16H,1-4,7H2. The molecule has 0 unspecified atom stereocenters. The van der Waals surface area contributed by atoms with Gasteiger partial charge in [0.1, 0.15) is 0 Å². The molecule has 1 aliphatic rings. The summed E-state index contributed by atoms with van der Waals surface area (Å²) in [7, 11) is -0.712. The van der Waals surface area contributed by atoms with E-state index < -0.39 is 28.2 Å². The SMILES string of the molecule is O=S1CCC(NCc2cc(F)c(O)c(F)c2)CC1. The molecule has 6 heteroatoms. The van der Waals surface area contributed by atoms with E-state index in [-0.39, 0.29) is 6.04 Å². The topological polar surface area (TPSA) is 49.3 Å². The number of nitrogens with one attached hydrogen (secondary N) is 1. The van der Waals surface area contributed by atoms with E-state index in [4.69, 9.17) is 5.11 Å². The Hall–Kier alpha value is -1.01. The largest absolute Gasteiger partial charge is 0.503 e. The van der Waals surface area contributed by atoms with Crippen LogP contribution in [-0.2, 0) is 17.3 Å². The molecule has 0 radical (unpaired) electrons. The van der Waals surface area contributed by atoms with Gasteiger partial charge in [0.05, 0.1) is 0 Å². The fraction of sp³-hybridized carbons (Fsp3) is 0.500. The van der Waals surface area contributed by atoms with Gasteiger partial charge in [0, 0.05) is 34.9 Å². The molecule has 1 aliphatic heterocycles. The molecule has 2 N–H and O–H groups in total. The molecule has 18 heavy (non-hydrogen) atoms. The van der Waals surface area contributed by atoms with Crippen molar-refractivity contribution >= 4 is 10.8 Å². The van der Waals surface area contributed by atoms with Crippen molar-refractivity contribution in [3.05, 3.63) is 29.3 Å². The van der Waals surface area contributed by atoms with Gasteiger partial charge in [-0.1, -0.05) is 0 Å². The molecule has 0 aliphatic carbocycles. The Bertz CT molecular complexity index is 434. The zero-order chi connectivity index (χ0) is 13.1. The smallest absolute Gasteiger partial charge is 0.187 e. The van der Waals surface area contributed by atoms with E-state index in [0.717, 1.165) is 25.0 Å². The van der Waals surface area contributed by atoms with Crippen LogP contribution in [0.5, 0.6) is 5.75 Å². The summed E-state index contributed by atoms with van der Waals surface area (Å²) in [4.78, 5) is 0. The summed E-state index contributed by atoms with van der Waals surface area (Å²) < 4.78 is 37.4. The number of benzene rings is 1. The average molecular weight is 275 g/mol. The summed E-state index contributed by atoms with van der Waals surface area (Å²) in [6.45, 7) is 0.339. The average Bonchev–Trinajstić information content (AvgIpc) is 2.35. The summed E-state index contributed by atoms with van der Waals surface area (Å²) in [6, 6.07) is 2.47. The molecule has 1 saturated heterocycles. The summed E-state index contributed by atoms with van der Waals surface area (Å²) >= 11 is 0. The van der Waals surface area contributed by atoms with Gasteiger partial charge >= 0.3 is 0 Å². The van der Waals surface area contributed by atoms with Crippen molar-refractivity contribution in [1.82, 2.24) is 5.32 Å². The lowest BCUT2D eigenvalue weighted by Gasteiger charge is -2.22. The molecule has 1 aromatic rings. The molecule has 2 rings (SSSR count). The van der Waals surface area contributed by atoms with Crippen LogP contribution in [0.4, 0.5) is 8.78 Å². The molecule has 0 spiro atoms. The highest BCUT2D eigenvalue weighted by molar-refractivity contribution is 7.85. The van der Waals surface area contributed by atoms with Crippen LogP contribution >= 0.6 is 0 Å². The van der Waals surface area contributed by atoms with E-state index in [0.29, 0.717) is 23.6 Å². The first-order chi connectivity index (χ1) is 8.56. The molecule has 0 saturated carbocycles. The quantitative estimate of drug-likeness (QED) is 0.882. The Morgan fingerprint density at radius 3 is 2.39 bits per heavy atom. The number of halogens is 2. The van der Waals surface area contributed by atoms with Gasteiger partial charge in [-0.2, -0.15) is 0 Å². The summed E-state index contributed by atoms with van der Waals surface area (Å²) in [5.74, 6) is -1.48. The van der Waals surface area contributed by atoms with Crippen LogP contribution in [0, 0.1) is 11.6 Å². The predicted octanol–water partition coefficient (Wildman–Crippen LogP) is 1.67. The van der Waals surface area contributed by atoms with Crippen LogP contribution in [0.2, 0.25) is 0 Å². The van der Waals surface area contributed by atoms with Gasteiger partial charge in [-0.3, -0.25) is 4.21 Å². The second-order valence-corrected chi connectivity index (χ2v) is 6.11. The Labute approximate surface area is 107 Å². The van der Waals surface area contributed by atoms with Crippen molar-refractivity contribution < 1.29 is 18.1 Å². The molecular weight excluding hydrogens is 260 g/mol. The molecule has 0 aromatic heterocycles. The first-order valence-electron chi connectivity index (χ1n) is 5.81. The van der Waals surface area contributed by atoms with Gasteiger partial charge < -0.3 is 10.4 Å². The molecule has 0 amide bonds. The molecular formula is C12H15F2NO2S. The molecule has 1 heterocycles. The fourth-order valence-corrected chi connectivity index (χ4v) is 3.28. The van der Waals surface area contributed by atoms with E-state index in [1.807, 2.05) is 0 Å². The normalized spacial score (nSPS) is 24.1. The fourth-order valence-electron chi connectivity index (χ4n) is 1.98. The minimum absolute atomic E-state index is 0.239. The van der Waals surface area contributed by atoms with Gasteiger partial charge in [-0.15, -0.1) is 0 Å². The lowest BCUT2D eigenvalue weighted by molar-refractivity contribution is 0.394. The molecule has 0 atom stereocenters. The van der Waals surface area contributed by atoms with Gasteiger partial charge in [0.15, 0.2) is 17.4 Å². The van der Waals surface area contributed by atoms with Crippen LogP contribution < -0.4 is 5.32 Å². The van der Waals surface area contributed by atoms with Crippen molar-refractivity contribution in [2.45, 2.75) is 25.4 Å². The maximum absolute atomic E-state index is 13.1. The van der Waals surface area contributed by atoms with Crippen molar-refractivity contribution in [3.8, 4) is 5.75 Å². The van der Waals surface area contributed by atoms with E-state index in [2.05, 4.69) is 5.32 Å². The Morgan fingerprint density at radius 2 is 1.83 bits per heavy atom. The van der Waals surface area contributed by atoms with E-state index in [1.54, 1.807) is 0 Å². The van der Waals surface area contributed by atoms with Crippen LogP contribution in [0.3, 0.4) is 0 Å². The van der Waals surface area contributed by atoms with Crippen LogP contribution in [-0.4, -0.2) is 26.9 Å². The first-order valence-corrected chi connectivity index (χ1v) is 7.30. The maximum Gasteiger partial charge on any atom is 0.187 e.